The van der Waals surface area contributed by atoms with E-state index >= 15 is 0 Å². The minimum atomic E-state index is -1.08. The van der Waals surface area contributed by atoms with Gasteiger partial charge in [-0.15, -0.1) is 0 Å². The molecule has 22 heavy (non-hydrogen) atoms. The van der Waals surface area contributed by atoms with Crippen LogP contribution in [0, 0.1) is 0 Å². The number of hydrogen-bond acceptors (Lipinski definition) is 4. The molecule has 0 saturated heterocycles. The van der Waals surface area contributed by atoms with Gasteiger partial charge in [0.05, 0.1) is 0 Å². The van der Waals surface area contributed by atoms with E-state index in [1.165, 1.54) is 10.6 Å². The molecule has 0 aromatic heterocycles. The van der Waals surface area contributed by atoms with Crippen LogP contribution in [-0.2, 0) is 30.0 Å². The molecule has 0 unspecified atom stereocenters. The monoisotopic (exact) mass is 410 g/mol. The Morgan fingerprint density at radius 1 is 0.727 bits per heavy atom. The molecule has 0 saturated carbocycles. The van der Waals surface area contributed by atoms with Crippen LogP contribution in [0.5, 0.6) is 0 Å². The molecule has 0 aliphatic carbocycles. The van der Waals surface area contributed by atoms with Gasteiger partial charge in [-0.25, -0.2) is 0 Å². The number of benzene rings is 2. The van der Waals surface area contributed by atoms with Crippen molar-refractivity contribution >= 4 is 31.1 Å². The zero-order valence-electron chi connectivity index (χ0n) is 12.2. The molecule has 0 heterocycles. The van der Waals surface area contributed by atoms with Crippen LogP contribution < -0.4 is 20.8 Å². The van der Waals surface area contributed by atoms with Crippen molar-refractivity contribution < 1.29 is 40.2 Å². The van der Waals surface area contributed by atoms with Gasteiger partial charge in [0, 0.05) is 11.9 Å². The smallest absolute Gasteiger partial charge is 0.550 e. The Morgan fingerprint density at radius 2 is 0.955 bits per heavy atom. The van der Waals surface area contributed by atoms with Gasteiger partial charge in [-0.05, 0) is 24.5 Å². The predicted molar refractivity (Wildman–Crippen MR) is 81.8 cm³/mol. The van der Waals surface area contributed by atoms with Crippen LogP contribution in [-0.4, -0.2) is 11.9 Å². The van der Waals surface area contributed by atoms with Crippen LogP contribution in [0.25, 0.3) is 0 Å². The summed E-state index contributed by atoms with van der Waals surface area (Å²) in [5.41, 5.74) is 0. The fraction of sp³-hybridized carbons (Fsp3) is 0.125. The first kappa shape index (κ1) is 22.7. The summed E-state index contributed by atoms with van der Waals surface area (Å²) in [5, 5.41) is 20.6. The first-order valence-corrected chi connectivity index (χ1v) is 7.14. The van der Waals surface area contributed by atoms with Gasteiger partial charge >= 0.3 is 20.4 Å². The molecule has 2 aromatic carbocycles. The van der Waals surface area contributed by atoms with Gasteiger partial charge in [0.25, 0.3) is 0 Å². The molecule has 2 rings (SSSR count). The molecular weight excluding hydrogens is 394 g/mol. The number of carbonyl (C=O) groups excluding carboxylic acids is 2. The molecule has 0 aliphatic rings. The summed E-state index contributed by atoms with van der Waals surface area (Å²) in [6, 6.07) is 21.2. The minimum Gasteiger partial charge on any atom is -0.550 e. The van der Waals surface area contributed by atoms with E-state index in [2.05, 4.69) is 60.7 Å². The second-order valence-corrected chi connectivity index (χ2v) is 5.24. The average Bonchev–Trinajstić information content (AvgIpc) is 2.40. The van der Waals surface area contributed by atoms with E-state index < -0.39 is 11.9 Å². The van der Waals surface area contributed by atoms with Crippen LogP contribution in [0.2, 0.25) is 0 Å². The number of carbonyl (C=O) groups is 2. The molecule has 0 fully saturated rings. The van der Waals surface area contributed by atoms with Crippen molar-refractivity contribution in [3.63, 3.8) is 0 Å². The summed E-state index contributed by atoms with van der Waals surface area (Å²) in [6.07, 6.45) is 0. The summed E-state index contributed by atoms with van der Waals surface area (Å²) in [6.45, 7) is 1.94. The Balaban J connectivity index is 0. The molecule has 2 aromatic rings. The third-order valence-electron chi connectivity index (χ3n) is 1.84. The maximum Gasteiger partial charge on any atom is 2.00 e. The molecule has 0 atom stereocenters. The van der Waals surface area contributed by atoms with Gasteiger partial charge in [0.1, 0.15) is 0 Å². The first-order valence-electron chi connectivity index (χ1n) is 6.14. The first-order chi connectivity index (χ1) is 9.91. The molecule has 0 N–H and O–H groups in total. The molecule has 0 bridgehead atoms. The van der Waals surface area contributed by atoms with E-state index in [0.717, 1.165) is 22.4 Å². The van der Waals surface area contributed by atoms with Gasteiger partial charge in [0.2, 0.25) is 0 Å². The van der Waals surface area contributed by atoms with Crippen molar-refractivity contribution in [3.05, 3.63) is 60.7 Å². The maximum absolute atomic E-state index is 8.89. The zero-order chi connectivity index (χ0) is 16.1. The van der Waals surface area contributed by atoms with Crippen LogP contribution >= 0.6 is 8.58 Å². The summed E-state index contributed by atoms with van der Waals surface area (Å²) in [5.74, 6) is -2.17. The van der Waals surface area contributed by atoms with Crippen molar-refractivity contribution in [3.8, 4) is 0 Å². The second kappa shape index (κ2) is 14.4. The van der Waals surface area contributed by atoms with Crippen molar-refractivity contribution in [1.29, 1.82) is 0 Å². The number of carboxylic acid groups (broad SMARTS) is 2. The number of aliphatic carboxylic acids is 2. The van der Waals surface area contributed by atoms with Gasteiger partial charge in [-0.1, -0.05) is 69.2 Å². The standard InChI is InChI=1S/C12H11P.2C2H4O2.Pd/c1-3-7-11(8-4-1)13-12-9-5-2-6-10-12;2*1-2(3)4;/h1-10,13H;2*1H3,(H,3,4);/q;;;+2/p-2. The SMILES string of the molecule is CC(=O)[O-].CC(=O)[O-].[Pd+2].c1ccc(Pc2ccccc2)cc1. The molecule has 0 aliphatic heterocycles. The minimum absolute atomic E-state index is 0. The predicted octanol–water partition coefficient (Wildman–Crippen LogP) is -0.174. The fourth-order valence-electron chi connectivity index (χ4n) is 1.21. The summed E-state index contributed by atoms with van der Waals surface area (Å²) in [7, 11) is 0.777. The Morgan fingerprint density at radius 3 is 1.18 bits per heavy atom. The molecule has 0 amide bonds. The molecule has 120 valence electrons. The molecular formula is C16H17O4PPd. The molecule has 4 nitrogen and oxygen atoms in total. The molecule has 0 radical (unpaired) electrons. The van der Waals surface area contributed by atoms with E-state index in [9.17, 15) is 0 Å². The topological polar surface area (TPSA) is 80.3 Å². The van der Waals surface area contributed by atoms with Gasteiger partial charge in [-0.3, -0.25) is 0 Å². The fourth-order valence-corrected chi connectivity index (χ4v) is 2.26. The number of rotatable bonds is 2. The van der Waals surface area contributed by atoms with E-state index in [4.69, 9.17) is 19.8 Å². The second-order valence-electron chi connectivity index (χ2n) is 3.84. The molecule has 6 heteroatoms. The summed E-state index contributed by atoms with van der Waals surface area (Å²) in [4.78, 5) is 17.8. The number of hydrogen-bond donors (Lipinski definition) is 0. The van der Waals surface area contributed by atoms with E-state index in [0.29, 0.717) is 0 Å². The number of carboxylic acids is 2. The van der Waals surface area contributed by atoms with Crippen molar-refractivity contribution in [2.24, 2.45) is 0 Å². The Labute approximate surface area is 146 Å². The largest absolute Gasteiger partial charge is 2.00 e. The van der Waals surface area contributed by atoms with Crippen molar-refractivity contribution in [2.45, 2.75) is 13.8 Å². The maximum atomic E-state index is 8.89. The van der Waals surface area contributed by atoms with Gasteiger partial charge < -0.3 is 19.8 Å². The molecule has 0 spiro atoms. The van der Waals surface area contributed by atoms with Crippen LogP contribution in [0.15, 0.2) is 60.7 Å². The van der Waals surface area contributed by atoms with Crippen LogP contribution in [0.1, 0.15) is 13.8 Å². The quantitative estimate of drug-likeness (QED) is 0.508. The Bertz CT molecular complexity index is 475. The van der Waals surface area contributed by atoms with Gasteiger partial charge in [0.15, 0.2) is 0 Å². The van der Waals surface area contributed by atoms with Crippen LogP contribution in [0.3, 0.4) is 0 Å². The zero-order valence-corrected chi connectivity index (χ0v) is 14.8. The third-order valence-corrected chi connectivity index (χ3v) is 3.08. The van der Waals surface area contributed by atoms with E-state index in [-0.39, 0.29) is 20.4 Å². The third kappa shape index (κ3) is 16.5. The van der Waals surface area contributed by atoms with Crippen molar-refractivity contribution in [1.82, 2.24) is 0 Å². The van der Waals surface area contributed by atoms with E-state index in [1.54, 1.807) is 0 Å². The Kier molecular flexibility index (Phi) is 14.9. The normalized spacial score (nSPS) is 8.09. The summed E-state index contributed by atoms with van der Waals surface area (Å²) < 4.78 is 0. The van der Waals surface area contributed by atoms with Crippen LogP contribution in [0.4, 0.5) is 0 Å². The van der Waals surface area contributed by atoms with Gasteiger partial charge in [-0.2, -0.15) is 0 Å². The average molecular weight is 411 g/mol. The van der Waals surface area contributed by atoms with E-state index in [1.807, 2.05) is 0 Å². The van der Waals surface area contributed by atoms with Crippen molar-refractivity contribution in [2.75, 3.05) is 0 Å². The Hall–Kier alpha value is -1.53. The summed E-state index contributed by atoms with van der Waals surface area (Å²) >= 11 is 0.